The molecular formula is C17H29F2N3O3. The number of nitrogens with zero attached hydrogens (tertiary/aromatic N) is 1. The van der Waals surface area contributed by atoms with E-state index in [2.05, 4.69) is 15.0 Å². The molecule has 2 amide bonds. The largest absolute Gasteiger partial charge is 0.417 e. The number of ketones is 1. The van der Waals surface area contributed by atoms with Crippen molar-refractivity contribution in [2.75, 3.05) is 0 Å². The summed E-state index contributed by atoms with van der Waals surface area (Å²) in [6.45, 7) is -2.78. The molecule has 0 spiro atoms. The zero-order chi connectivity index (χ0) is 18.0. The summed E-state index contributed by atoms with van der Waals surface area (Å²) in [6, 6.07) is 2.15. The Morgan fingerprint density at radius 1 is 1.36 bits per heavy atom. The number of hydrogen-bond donors (Lipinski definition) is 2. The van der Waals surface area contributed by atoms with Gasteiger partial charge in [0.2, 0.25) is 5.88 Å². The molecule has 0 radical (unpaired) electrons. The minimum absolute atomic E-state index is 0. The van der Waals surface area contributed by atoms with Crippen molar-refractivity contribution in [1.82, 2.24) is 10.3 Å². The first-order chi connectivity index (χ1) is 11.9. The van der Waals surface area contributed by atoms with Gasteiger partial charge in [-0.15, -0.1) is 0 Å². The predicted molar refractivity (Wildman–Crippen MR) is 93.2 cm³/mol. The normalized spacial score (nSPS) is 28.7. The molecule has 0 aromatic carbocycles. The third-order valence-electron chi connectivity index (χ3n) is 5.30. The summed E-state index contributed by atoms with van der Waals surface area (Å²) in [5, 5.41) is 2.31. The number of nitrogens with two attached hydrogens (primary N) is 1. The first-order valence-electron chi connectivity index (χ1n) is 8.37. The van der Waals surface area contributed by atoms with Gasteiger partial charge in [-0.1, -0.05) is 0 Å². The van der Waals surface area contributed by atoms with E-state index < -0.39 is 12.6 Å². The van der Waals surface area contributed by atoms with Crippen LogP contribution in [0.5, 0.6) is 5.88 Å². The summed E-state index contributed by atoms with van der Waals surface area (Å²) in [5.74, 6) is 4.09. The third-order valence-corrected chi connectivity index (χ3v) is 5.30. The summed E-state index contributed by atoms with van der Waals surface area (Å²) < 4.78 is 27.7. The molecule has 3 aliphatic carbocycles. The molecule has 0 bridgehead atoms. The lowest BCUT2D eigenvalue weighted by molar-refractivity contribution is -0.151. The molecule has 0 saturated heterocycles. The Bertz CT molecular complexity index is 655. The van der Waals surface area contributed by atoms with Gasteiger partial charge in [-0.2, -0.15) is 8.78 Å². The SMILES string of the molecule is NC(=O)NCc1ccnc(OC(F)F)c1.O=C1CC2CC3CC(C1)C23.[HH].[HH].[HH].[HH]. The first-order valence-corrected chi connectivity index (χ1v) is 8.37. The van der Waals surface area contributed by atoms with E-state index in [0.29, 0.717) is 11.3 Å². The molecule has 0 aliphatic heterocycles. The summed E-state index contributed by atoms with van der Waals surface area (Å²) >= 11 is 0. The topological polar surface area (TPSA) is 94.3 Å². The highest BCUT2D eigenvalue weighted by atomic mass is 19.3. The van der Waals surface area contributed by atoms with Gasteiger partial charge in [-0.3, -0.25) is 4.79 Å². The van der Waals surface area contributed by atoms with Crippen molar-refractivity contribution in [2.45, 2.75) is 38.8 Å². The summed E-state index contributed by atoms with van der Waals surface area (Å²) in [5.41, 5.74) is 5.41. The van der Waals surface area contributed by atoms with Gasteiger partial charge in [0.05, 0.1) is 0 Å². The van der Waals surface area contributed by atoms with Gasteiger partial charge in [0, 0.05) is 37.4 Å². The maximum atomic E-state index is 11.8. The number of carbonyl (C=O) groups is 2. The second-order valence-corrected chi connectivity index (χ2v) is 6.87. The Balaban J connectivity index is 0. The van der Waals surface area contributed by atoms with Crippen LogP contribution in [0.4, 0.5) is 13.6 Å². The van der Waals surface area contributed by atoms with Gasteiger partial charge in [-0.25, -0.2) is 9.78 Å². The van der Waals surface area contributed by atoms with Crippen LogP contribution in [0.15, 0.2) is 18.3 Å². The molecule has 3 N–H and O–H groups in total. The van der Waals surface area contributed by atoms with Crippen LogP contribution in [-0.4, -0.2) is 23.4 Å². The fourth-order valence-electron chi connectivity index (χ4n) is 4.28. The highest BCUT2D eigenvalue weighted by molar-refractivity contribution is 5.80. The lowest BCUT2D eigenvalue weighted by atomic mass is 9.43. The number of amides is 2. The van der Waals surface area contributed by atoms with E-state index in [-0.39, 0.29) is 18.1 Å². The molecule has 3 fully saturated rings. The minimum Gasteiger partial charge on any atom is -0.417 e. The smallest absolute Gasteiger partial charge is 0.388 e. The van der Waals surface area contributed by atoms with Gasteiger partial charge in [-0.05, 0) is 48.1 Å². The summed E-state index contributed by atoms with van der Waals surface area (Å²) in [4.78, 5) is 25.0. The van der Waals surface area contributed by atoms with E-state index in [1.165, 1.54) is 25.1 Å². The second kappa shape index (κ2) is 7.33. The summed E-state index contributed by atoms with van der Waals surface area (Å²) in [7, 11) is 0. The van der Waals surface area contributed by atoms with E-state index in [0.717, 1.165) is 36.5 Å². The Morgan fingerprint density at radius 3 is 2.60 bits per heavy atom. The highest BCUT2D eigenvalue weighted by Gasteiger charge is 2.56. The van der Waals surface area contributed by atoms with Gasteiger partial charge in [0.15, 0.2) is 0 Å². The standard InChI is InChI=1S/C9H12O.C8H9F2N3O2.4H2/c10-8-3-6-1-5-2-7(4-8)9(5)6;9-7(10)15-6-3-5(1-2-12-6)4-13-8(11)14;;;;/h5-7,9H,1-4H2;1-3,7H,4H2,(H3,11,13,14);4*1H. The quantitative estimate of drug-likeness (QED) is 0.859. The fraction of sp³-hybridized carbons (Fsp3) is 0.588. The zero-order valence-corrected chi connectivity index (χ0v) is 13.7. The Kier molecular flexibility index (Phi) is 5.15. The third kappa shape index (κ3) is 4.24. The predicted octanol–water partition coefficient (Wildman–Crippen LogP) is 3.46. The summed E-state index contributed by atoms with van der Waals surface area (Å²) in [6.07, 6.45) is 5.92. The van der Waals surface area contributed by atoms with Gasteiger partial charge in [0.25, 0.3) is 0 Å². The van der Waals surface area contributed by atoms with E-state index >= 15 is 0 Å². The Hall–Kier alpha value is -2.25. The molecule has 1 heterocycles. The van der Waals surface area contributed by atoms with Crippen molar-refractivity contribution in [3.8, 4) is 5.88 Å². The van der Waals surface area contributed by atoms with Gasteiger partial charge in [0.1, 0.15) is 5.78 Å². The molecule has 144 valence electrons. The molecule has 8 heteroatoms. The fourth-order valence-corrected chi connectivity index (χ4v) is 4.28. The van der Waals surface area contributed by atoms with Crippen LogP contribution in [0.25, 0.3) is 0 Å². The van der Waals surface area contributed by atoms with Crippen LogP contribution < -0.4 is 15.8 Å². The number of urea groups is 1. The number of Topliss-reactive ketones (excluding diaryl/α,β-unsaturated/α-hetero) is 1. The molecule has 1 aromatic rings. The number of pyridine rings is 1. The molecular weight excluding hydrogens is 332 g/mol. The molecule has 6 nitrogen and oxygen atoms in total. The molecule has 3 saturated carbocycles. The number of primary amides is 1. The van der Waals surface area contributed by atoms with Crippen LogP contribution in [0.1, 0.15) is 37.0 Å². The number of ether oxygens (including phenoxy) is 1. The van der Waals surface area contributed by atoms with Crippen molar-refractivity contribution in [3.63, 3.8) is 0 Å². The average Bonchev–Trinajstić information content (AvgIpc) is 2.49. The number of alkyl halides is 2. The molecule has 25 heavy (non-hydrogen) atoms. The lowest BCUT2D eigenvalue weighted by Crippen LogP contribution is -2.55. The zero-order valence-electron chi connectivity index (χ0n) is 13.7. The number of rotatable bonds is 4. The van der Waals surface area contributed by atoms with E-state index in [1.807, 2.05) is 0 Å². The van der Waals surface area contributed by atoms with Crippen LogP contribution in [0.2, 0.25) is 0 Å². The maximum Gasteiger partial charge on any atom is 0.388 e. The number of carbonyl (C=O) groups excluding carboxylic acids is 2. The molecule has 1 aromatic heterocycles. The minimum atomic E-state index is -2.92. The van der Waals surface area contributed by atoms with Gasteiger partial charge < -0.3 is 15.8 Å². The lowest BCUT2D eigenvalue weighted by Gasteiger charge is -2.61. The van der Waals surface area contributed by atoms with Crippen molar-refractivity contribution in [1.29, 1.82) is 0 Å². The number of nitrogens with one attached hydrogen (secondary N) is 1. The van der Waals surface area contributed by atoms with Crippen molar-refractivity contribution >= 4 is 11.8 Å². The van der Waals surface area contributed by atoms with E-state index in [1.54, 1.807) is 6.07 Å². The number of aromatic nitrogens is 1. The Labute approximate surface area is 150 Å². The number of hydrogen-bond acceptors (Lipinski definition) is 4. The second-order valence-electron chi connectivity index (χ2n) is 6.87. The maximum absolute atomic E-state index is 11.8. The first kappa shape index (κ1) is 17.6. The monoisotopic (exact) mass is 361 g/mol. The number of halogens is 2. The van der Waals surface area contributed by atoms with Crippen molar-refractivity contribution in [2.24, 2.45) is 29.4 Å². The van der Waals surface area contributed by atoms with Crippen LogP contribution >= 0.6 is 0 Å². The van der Waals surface area contributed by atoms with Gasteiger partial charge >= 0.3 is 12.6 Å². The Morgan fingerprint density at radius 2 is 2.04 bits per heavy atom. The molecule has 2 atom stereocenters. The average molecular weight is 361 g/mol. The van der Waals surface area contributed by atoms with Crippen molar-refractivity contribution < 1.29 is 28.8 Å². The van der Waals surface area contributed by atoms with Crippen LogP contribution in [0.3, 0.4) is 0 Å². The molecule has 4 rings (SSSR count). The van der Waals surface area contributed by atoms with Crippen LogP contribution in [0, 0.1) is 23.7 Å². The highest BCUT2D eigenvalue weighted by Crippen LogP contribution is 2.62. The molecule has 3 aliphatic rings. The molecule has 2 unspecified atom stereocenters. The van der Waals surface area contributed by atoms with Crippen molar-refractivity contribution in [3.05, 3.63) is 23.9 Å². The van der Waals surface area contributed by atoms with E-state index in [9.17, 15) is 18.4 Å². The van der Waals surface area contributed by atoms with Crippen LogP contribution in [-0.2, 0) is 11.3 Å². The van der Waals surface area contributed by atoms with E-state index in [4.69, 9.17) is 5.73 Å².